The van der Waals surface area contributed by atoms with Crippen LogP contribution in [-0.4, -0.2) is 29.6 Å². The van der Waals surface area contributed by atoms with E-state index in [0.717, 1.165) is 5.56 Å². The summed E-state index contributed by atoms with van der Waals surface area (Å²) in [7, 11) is 0. The molecule has 0 saturated heterocycles. The standard InChI is InChI=1S/C12H14ClNO4/c1-8(15)14-11(12(16)17)7-18-6-9-3-2-4-10(13)5-9/h2-5,11H,6-7H2,1H3,(H,14,15)(H,16,17). The molecule has 0 aliphatic heterocycles. The number of rotatable bonds is 6. The molecule has 1 atom stereocenters. The van der Waals surface area contributed by atoms with Gasteiger partial charge in [0.15, 0.2) is 6.04 Å². The van der Waals surface area contributed by atoms with Crippen molar-refractivity contribution in [2.75, 3.05) is 6.61 Å². The highest BCUT2D eigenvalue weighted by Crippen LogP contribution is 2.11. The van der Waals surface area contributed by atoms with Crippen LogP contribution < -0.4 is 5.32 Å². The molecule has 1 amide bonds. The number of aliphatic carboxylic acids is 1. The number of nitrogens with one attached hydrogen (secondary N) is 1. The Kier molecular flexibility index (Phi) is 5.61. The second-order valence-corrected chi connectivity index (χ2v) is 4.17. The first kappa shape index (κ1) is 14.5. The van der Waals surface area contributed by atoms with Gasteiger partial charge >= 0.3 is 5.97 Å². The zero-order valence-electron chi connectivity index (χ0n) is 9.85. The summed E-state index contributed by atoms with van der Waals surface area (Å²) in [4.78, 5) is 21.6. The summed E-state index contributed by atoms with van der Waals surface area (Å²) in [6.45, 7) is 1.40. The lowest BCUT2D eigenvalue weighted by Crippen LogP contribution is -2.42. The molecule has 1 aromatic rings. The molecule has 0 aliphatic rings. The van der Waals surface area contributed by atoms with Crippen LogP contribution in [0.4, 0.5) is 0 Å². The molecule has 1 aromatic carbocycles. The Morgan fingerprint density at radius 3 is 2.78 bits per heavy atom. The monoisotopic (exact) mass is 271 g/mol. The van der Waals surface area contributed by atoms with Crippen molar-refractivity contribution in [1.82, 2.24) is 5.32 Å². The van der Waals surface area contributed by atoms with E-state index in [1.54, 1.807) is 18.2 Å². The molecule has 2 N–H and O–H groups in total. The van der Waals surface area contributed by atoms with Gasteiger partial charge in [-0.1, -0.05) is 23.7 Å². The molecule has 18 heavy (non-hydrogen) atoms. The third kappa shape index (κ3) is 5.16. The van der Waals surface area contributed by atoms with Crippen LogP contribution in [0.15, 0.2) is 24.3 Å². The van der Waals surface area contributed by atoms with Crippen LogP contribution >= 0.6 is 11.6 Å². The highest BCUT2D eigenvalue weighted by Gasteiger charge is 2.18. The van der Waals surface area contributed by atoms with Crippen molar-refractivity contribution in [3.63, 3.8) is 0 Å². The number of carbonyl (C=O) groups is 2. The number of ether oxygens (including phenoxy) is 1. The third-order valence-corrected chi connectivity index (χ3v) is 2.35. The fourth-order valence-electron chi connectivity index (χ4n) is 1.34. The van der Waals surface area contributed by atoms with Crippen LogP contribution in [0.25, 0.3) is 0 Å². The summed E-state index contributed by atoms with van der Waals surface area (Å²) >= 11 is 5.80. The number of hydrogen-bond donors (Lipinski definition) is 2. The Hall–Kier alpha value is -1.59. The molecule has 0 fully saturated rings. The van der Waals surface area contributed by atoms with Gasteiger partial charge in [0.2, 0.25) is 5.91 Å². The molecule has 0 aromatic heterocycles. The number of carboxylic acids is 1. The second-order valence-electron chi connectivity index (χ2n) is 3.74. The number of hydrogen-bond acceptors (Lipinski definition) is 3. The summed E-state index contributed by atoms with van der Waals surface area (Å²) in [5, 5.41) is 11.7. The molecule has 0 saturated carbocycles. The van der Waals surface area contributed by atoms with Crippen LogP contribution in [-0.2, 0) is 20.9 Å². The van der Waals surface area contributed by atoms with Gasteiger partial charge in [-0.25, -0.2) is 4.79 Å². The SMILES string of the molecule is CC(=O)NC(COCc1cccc(Cl)c1)C(=O)O. The Bertz CT molecular complexity index is 436. The number of amides is 1. The zero-order valence-corrected chi connectivity index (χ0v) is 10.6. The molecular formula is C12H14ClNO4. The number of carboxylic acid groups (broad SMARTS) is 1. The van der Waals surface area contributed by atoms with Crippen molar-refractivity contribution in [2.24, 2.45) is 0 Å². The van der Waals surface area contributed by atoms with Crippen molar-refractivity contribution in [2.45, 2.75) is 19.6 Å². The molecule has 6 heteroatoms. The van der Waals surface area contributed by atoms with Crippen LogP contribution in [0.1, 0.15) is 12.5 Å². The normalized spacial score (nSPS) is 11.9. The number of halogens is 1. The minimum absolute atomic E-state index is 0.0958. The summed E-state index contributed by atoms with van der Waals surface area (Å²) in [6, 6.07) is 6.03. The molecule has 0 bridgehead atoms. The Morgan fingerprint density at radius 2 is 2.22 bits per heavy atom. The predicted octanol–water partition coefficient (Wildman–Crippen LogP) is 1.45. The summed E-state index contributed by atoms with van der Waals surface area (Å²) in [6.07, 6.45) is 0. The van der Waals surface area contributed by atoms with E-state index in [9.17, 15) is 9.59 Å². The van der Waals surface area contributed by atoms with Gasteiger partial charge in [-0.05, 0) is 17.7 Å². The second kappa shape index (κ2) is 6.98. The van der Waals surface area contributed by atoms with E-state index >= 15 is 0 Å². The smallest absolute Gasteiger partial charge is 0.328 e. The molecule has 1 rings (SSSR count). The van der Waals surface area contributed by atoms with E-state index in [-0.39, 0.29) is 13.2 Å². The summed E-state index contributed by atoms with van der Waals surface area (Å²) < 4.78 is 5.24. The van der Waals surface area contributed by atoms with Gasteiger partial charge in [-0.15, -0.1) is 0 Å². The minimum atomic E-state index is -1.13. The van der Waals surface area contributed by atoms with Crippen LogP contribution in [0, 0.1) is 0 Å². The fraction of sp³-hybridized carbons (Fsp3) is 0.333. The third-order valence-electron chi connectivity index (χ3n) is 2.12. The maximum Gasteiger partial charge on any atom is 0.328 e. The van der Waals surface area contributed by atoms with Crippen molar-refractivity contribution in [3.8, 4) is 0 Å². The van der Waals surface area contributed by atoms with Gasteiger partial charge in [0.1, 0.15) is 0 Å². The molecule has 0 radical (unpaired) electrons. The predicted molar refractivity (Wildman–Crippen MR) is 66.3 cm³/mol. The van der Waals surface area contributed by atoms with E-state index in [0.29, 0.717) is 5.02 Å². The van der Waals surface area contributed by atoms with Crippen LogP contribution in [0.3, 0.4) is 0 Å². The Morgan fingerprint density at radius 1 is 1.50 bits per heavy atom. The molecule has 0 spiro atoms. The van der Waals surface area contributed by atoms with Gasteiger partial charge in [0, 0.05) is 11.9 Å². The first-order valence-corrected chi connectivity index (χ1v) is 5.69. The quantitative estimate of drug-likeness (QED) is 0.821. The number of benzene rings is 1. The molecule has 5 nitrogen and oxygen atoms in total. The Labute approximate surface area is 110 Å². The fourth-order valence-corrected chi connectivity index (χ4v) is 1.55. The summed E-state index contributed by atoms with van der Waals surface area (Å²) in [5.41, 5.74) is 0.842. The molecule has 98 valence electrons. The zero-order chi connectivity index (χ0) is 13.5. The first-order chi connectivity index (χ1) is 8.49. The minimum Gasteiger partial charge on any atom is -0.480 e. The Balaban J connectivity index is 2.43. The average Bonchev–Trinajstić information content (AvgIpc) is 2.27. The first-order valence-electron chi connectivity index (χ1n) is 5.31. The van der Waals surface area contributed by atoms with Crippen molar-refractivity contribution in [1.29, 1.82) is 0 Å². The molecular weight excluding hydrogens is 258 g/mol. The average molecular weight is 272 g/mol. The van der Waals surface area contributed by atoms with E-state index in [4.69, 9.17) is 21.4 Å². The number of carbonyl (C=O) groups excluding carboxylic acids is 1. The van der Waals surface area contributed by atoms with E-state index in [1.165, 1.54) is 6.92 Å². The summed E-state index contributed by atoms with van der Waals surface area (Å²) in [5.74, 6) is -1.54. The maximum absolute atomic E-state index is 10.8. The topological polar surface area (TPSA) is 75.6 Å². The maximum atomic E-state index is 10.8. The van der Waals surface area contributed by atoms with Gasteiger partial charge in [-0.2, -0.15) is 0 Å². The van der Waals surface area contributed by atoms with E-state index in [2.05, 4.69) is 5.32 Å². The van der Waals surface area contributed by atoms with Crippen molar-refractivity contribution < 1.29 is 19.4 Å². The van der Waals surface area contributed by atoms with Gasteiger partial charge in [-0.3, -0.25) is 4.79 Å². The lowest BCUT2D eigenvalue weighted by Gasteiger charge is -2.13. The molecule has 0 aliphatic carbocycles. The van der Waals surface area contributed by atoms with Gasteiger partial charge in [0.05, 0.1) is 13.2 Å². The van der Waals surface area contributed by atoms with Crippen molar-refractivity contribution in [3.05, 3.63) is 34.9 Å². The molecule has 0 heterocycles. The van der Waals surface area contributed by atoms with E-state index < -0.39 is 17.9 Å². The van der Waals surface area contributed by atoms with Crippen LogP contribution in [0.5, 0.6) is 0 Å². The lowest BCUT2D eigenvalue weighted by atomic mass is 10.2. The molecule has 1 unspecified atom stereocenters. The van der Waals surface area contributed by atoms with Crippen molar-refractivity contribution >= 4 is 23.5 Å². The highest BCUT2D eigenvalue weighted by molar-refractivity contribution is 6.30. The van der Waals surface area contributed by atoms with E-state index in [1.807, 2.05) is 6.07 Å². The lowest BCUT2D eigenvalue weighted by molar-refractivity contribution is -0.143. The van der Waals surface area contributed by atoms with Gasteiger partial charge in [0.25, 0.3) is 0 Å². The highest BCUT2D eigenvalue weighted by atomic mass is 35.5. The van der Waals surface area contributed by atoms with Crippen LogP contribution in [0.2, 0.25) is 5.02 Å². The van der Waals surface area contributed by atoms with Gasteiger partial charge < -0.3 is 15.2 Å². The largest absolute Gasteiger partial charge is 0.480 e.